The Morgan fingerprint density at radius 2 is 2.38 bits per heavy atom. The molecule has 0 bridgehead atoms. The number of amides is 2. The van der Waals surface area contributed by atoms with E-state index in [2.05, 4.69) is 11.9 Å². The average Bonchev–Trinajstić information content (AvgIpc) is 2.76. The molecule has 90 valence electrons. The Morgan fingerprint density at radius 3 is 2.88 bits per heavy atom. The first-order valence-electron chi connectivity index (χ1n) is 5.43. The molecule has 0 aromatic heterocycles. The largest absolute Gasteiger partial charge is 0.381 e. The van der Waals surface area contributed by atoms with Crippen molar-refractivity contribution in [3.8, 4) is 0 Å². The fraction of sp³-hybridized carbons (Fsp3) is 0.636. The smallest absolute Gasteiger partial charge is 0.240 e. The van der Waals surface area contributed by atoms with E-state index in [1.807, 2.05) is 0 Å². The van der Waals surface area contributed by atoms with Gasteiger partial charge in [0.15, 0.2) is 0 Å². The number of rotatable bonds is 6. The molecule has 5 nitrogen and oxygen atoms in total. The number of carbonyl (C=O) groups is 2. The zero-order valence-electron chi connectivity index (χ0n) is 9.28. The second-order valence-electron chi connectivity index (χ2n) is 3.89. The van der Waals surface area contributed by atoms with Gasteiger partial charge in [0, 0.05) is 6.61 Å². The summed E-state index contributed by atoms with van der Waals surface area (Å²) in [5.41, 5.74) is 5.21. The fourth-order valence-electron chi connectivity index (χ4n) is 1.60. The first kappa shape index (κ1) is 12.7. The van der Waals surface area contributed by atoms with Crippen LogP contribution in [0.3, 0.4) is 0 Å². The number of allylic oxidation sites excluding steroid dienone is 1. The van der Waals surface area contributed by atoms with Crippen molar-refractivity contribution in [1.82, 2.24) is 5.32 Å². The van der Waals surface area contributed by atoms with Crippen molar-refractivity contribution in [1.29, 1.82) is 0 Å². The first-order chi connectivity index (χ1) is 7.65. The van der Waals surface area contributed by atoms with Crippen LogP contribution in [-0.2, 0) is 14.3 Å². The zero-order valence-corrected chi connectivity index (χ0v) is 9.28. The summed E-state index contributed by atoms with van der Waals surface area (Å²) in [6, 6.07) is -0.605. The standard InChI is InChI=1S/C11H18N2O3/c1-2-3-4-9(10(12)14)13-11(15)8-5-6-16-7-8/h2,8-9H,1,3-7H2,(H2,12,14)(H,13,15)/t8-,9-/m1/s1. The molecule has 1 rings (SSSR count). The number of carbonyl (C=O) groups excluding carboxylic acids is 2. The average molecular weight is 226 g/mol. The van der Waals surface area contributed by atoms with Gasteiger partial charge in [0.25, 0.3) is 0 Å². The van der Waals surface area contributed by atoms with Crippen molar-refractivity contribution in [2.45, 2.75) is 25.3 Å². The van der Waals surface area contributed by atoms with E-state index in [1.54, 1.807) is 6.08 Å². The molecular formula is C11H18N2O3. The predicted molar refractivity (Wildman–Crippen MR) is 59.5 cm³/mol. The van der Waals surface area contributed by atoms with E-state index in [0.29, 0.717) is 32.5 Å². The molecule has 1 aliphatic rings. The normalized spacial score (nSPS) is 21.4. The highest BCUT2D eigenvalue weighted by Crippen LogP contribution is 2.12. The molecule has 2 atom stereocenters. The van der Waals surface area contributed by atoms with Crippen molar-refractivity contribution in [2.75, 3.05) is 13.2 Å². The van der Waals surface area contributed by atoms with Gasteiger partial charge in [-0.2, -0.15) is 0 Å². The van der Waals surface area contributed by atoms with Crippen LogP contribution < -0.4 is 11.1 Å². The molecule has 5 heteroatoms. The number of primary amides is 1. The second kappa shape index (κ2) is 6.27. The number of nitrogens with one attached hydrogen (secondary N) is 1. The van der Waals surface area contributed by atoms with Gasteiger partial charge in [-0.05, 0) is 19.3 Å². The van der Waals surface area contributed by atoms with Crippen LogP contribution in [-0.4, -0.2) is 31.1 Å². The maximum absolute atomic E-state index is 11.7. The van der Waals surface area contributed by atoms with Gasteiger partial charge in [0.2, 0.25) is 11.8 Å². The SMILES string of the molecule is C=CCC[C@@H](NC(=O)[C@@H]1CCOC1)C(N)=O. The molecule has 0 aromatic rings. The van der Waals surface area contributed by atoms with Crippen LogP contribution in [0.4, 0.5) is 0 Å². The van der Waals surface area contributed by atoms with Gasteiger partial charge < -0.3 is 15.8 Å². The van der Waals surface area contributed by atoms with Gasteiger partial charge in [-0.25, -0.2) is 0 Å². The van der Waals surface area contributed by atoms with Crippen LogP contribution in [0.25, 0.3) is 0 Å². The quantitative estimate of drug-likeness (QED) is 0.623. The van der Waals surface area contributed by atoms with Crippen LogP contribution in [0.15, 0.2) is 12.7 Å². The molecule has 0 radical (unpaired) electrons. The van der Waals surface area contributed by atoms with E-state index in [0.717, 1.165) is 0 Å². The summed E-state index contributed by atoms with van der Waals surface area (Å²) in [6.07, 6.45) is 3.55. The highest BCUT2D eigenvalue weighted by molar-refractivity contribution is 5.87. The molecule has 16 heavy (non-hydrogen) atoms. The third-order valence-electron chi connectivity index (χ3n) is 2.62. The van der Waals surface area contributed by atoms with Gasteiger partial charge in [-0.15, -0.1) is 6.58 Å². The second-order valence-corrected chi connectivity index (χ2v) is 3.89. The predicted octanol–water partition coefficient (Wildman–Crippen LogP) is -0.0408. The van der Waals surface area contributed by atoms with Crippen molar-refractivity contribution < 1.29 is 14.3 Å². The van der Waals surface area contributed by atoms with E-state index in [-0.39, 0.29) is 11.8 Å². The Kier molecular flexibility index (Phi) is 4.98. The van der Waals surface area contributed by atoms with Crippen molar-refractivity contribution >= 4 is 11.8 Å². The summed E-state index contributed by atoms with van der Waals surface area (Å²) in [5, 5.41) is 2.65. The Morgan fingerprint density at radius 1 is 1.62 bits per heavy atom. The molecule has 0 saturated carbocycles. The fourth-order valence-corrected chi connectivity index (χ4v) is 1.60. The number of nitrogens with two attached hydrogens (primary N) is 1. The van der Waals surface area contributed by atoms with E-state index >= 15 is 0 Å². The molecule has 1 aliphatic heterocycles. The number of hydrogen-bond acceptors (Lipinski definition) is 3. The summed E-state index contributed by atoms with van der Waals surface area (Å²) in [5.74, 6) is -0.801. The summed E-state index contributed by atoms with van der Waals surface area (Å²) < 4.78 is 5.11. The van der Waals surface area contributed by atoms with Gasteiger partial charge in [-0.1, -0.05) is 6.08 Å². The minimum Gasteiger partial charge on any atom is -0.381 e. The molecule has 0 unspecified atom stereocenters. The Balaban J connectivity index is 2.43. The molecule has 1 heterocycles. The molecule has 3 N–H and O–H groups in total. The van der Waals surface area contributed by atoms with Crippen molar-refractivity contribution in [3.63, 3.8) is 0 Å². The van der Waals surface area contributed by atoms with Crippen LogP contribution in [0, 0.1) is 5.92 Å². The molecule has 1 fully saturated rings. The zero-order chi connectivity index (χ0) is 12.0. The number of hydrogen-bond donors (Lipinski definition) is 2. The van der Waals surface area contributed by atoms with E-state index < -0.39 is 11.9 Å². The third-order valence-corrected chi connectivity index (χ3v) is 2.62. The lowest BCUT2D eigenvalue weighted by atomic mass is 10.1. The summed E-state index contributed by atoms with van der Waals surface area (Å²) >= 11 is 0. The Bertz CT molecular complexity index is 272. The van der Waals surface area contributed by atoms with Crippen LogP contribution in [0.2, 0.25) is 0 Å². The lowest BCUT2D eigenvalue weighted by molar-refractivity contribution is -0.130. The maximum atomic E-state index is 11.7. The molecule has 0 aromatic carbocycles. The number of ether oxygens (including phenoxy) is 1. The van der Waals surface area contributed by atoms with Crippen LogP contribution in [0.1, 0.15) is 19.3 Å². The molecule has 0 aliphatic carbocycles. The monoisotopic (exact) mass is 226 g/mol. The van der Waals surface area contributed by atoms with Crippen LogP contribution in [0.5, 0.6) is 0 Å². The summed E-state index contributed by atoms with van der Waals surface area (Å²) in [7, 11) is 0. The third kappa shape index (κ3) is 3.66. The van der Waals surface area contributed by atoms with Gasteiger partial charge in [-0.3, -0.25) is 9.59 Å². The minimum atomic E-state index is -0.605. The summed E-state index contributed by atoms with van der Waals surface area (Å²) in [6.45, 7) is 4.60. The van der Waals surface area contributed by atoms with E-state index in [1.165, 1.54) is 0 Å². The lowest BCUT2D eigenvalue weighted by Gasteiger charge is -2.16. The van der Waals surface area contributed by atoms with Crippen molar-refractivity contribution in [2.24, 2.45) is 11.7 Å². The van der Waals surface area contributed by atoms with Crippen molar-refractivity contribution in [3.05, 3.63) is 12.7 Å². The highest BCUT2D eigenvalue weighted by Gasteiger charge is 2.26. The lowest BCUT2D eigenvalue weighted by Crippen LogP contribution is -2.46. The maximum Gasteiger partial charge on any atom is 0.240 e. The molecule has 1 saturated heterocycles. The van der Waals surface area contributed by atoms with Crippen LogP contribution >= 0.6 is 0 Å². The van der Waals surface area contributed by atoms with E-state index in [9.17, 15) is 9.59 Å². The van der Waals surface area contributed by atoms with Gasteiger partial charge in [0.05, 0.1) is 12.5 Å². The van der Waals surface area contributed by atoms with E-state index in [4.69, 9.17) is 10.5 Å². The molecular weight excluding hydrogens is 208 g/mol. The first-order valence-corrected chi connectivity index (χ1v) is 5.43. The topological polar surface area (TPSA) is 81.4 Å². The highest BCUT2D eigenvalue weighted by atomic mass is 16.5. The minimum absolute atomic E-state index is 0.148. The molecule has 2 amide bonds. The summed E-state index contributed by atoms with van der Waals surface area (Å²) in [4.78, 5) is 22.8. The Labute approximate surface area is 95.0 Å². The van der Waals surface area contributed by atoms with Gasteiger partial charge in [0.1, 0.15) is 6.04 Å². The Hall–Kier alpha value is -1.36. The van der Waals surface area contributed by atoms with Gasteiger partial charge >= 0.3 is 0 Å². The molecule has 0 spiro atoms.